The van der Waals surface area contributed by atoms with E-state index in [2.05, 4.69) is 4.74 Å². The van der Waals surface area contributed by atoms with Crippen LogP contribution in [0.1, 0.15) is 48.3 Å². The first-order chi connectivity index (χ1) is 12.8. The summed E-state index contributed by atoms with van der Waals surface area (Å²) in [5.74, 6) is -0.990. The zero-order chi connectivity index (χ0) is 19.6. The molecule has 0 spiro atoms. The number of hydrogen-bond acceptors (Lipinski definition) is 1. The van der Waals surface area contributed by atoms with Crippen LogP contribution in [0, 0.1) is 24.5 Å². The van der Waals surface area contributed by atoms with E-state index in [1.807, 2.05) is 0 Å². The first-order valence-corrected chi connectivity index (χ1v) is 10.8. The Morgan fingerprint density at radius 2 is 1.70 bits per heavy atom. The van der Waals surface area contributed by atoms with E-state index in [1.54, 1.807) is 6.07 Å². The van der Waals surface area contributed by atoms with Crippen molar-refractivity contribution in [1.29, 1.82) is 0 Å². The molecule has 0 radical (unpaired) electrons. The normalized spacial score (nSPS) is 20.6. The van der Waals surface area contributed by atoms with Crippen LogP contribution in [0.2, 0.25) is 6.04 Å². The molecule has 0 amide bonds. The SMILES string of the molecule is Cc1ccc(OC(F)(F)c2ccc(C3CCC(C[SiH3])CC3)cc2F)cc1F. The van der Waals surface area contributed by atoms with Crippen LogP contribution < -0.4 is 4.74 Å². The average molecular weight is 397 g/mol. The fourth-order valence-electron chi connectivity index (χ4n) is 3.77. The lowest BCUT2D eigenvalue weighted by Crippen LogP contribution is -2.24. The van der Waals surface area contributed by atoms with E-state index in [1.165, 1.54) is 41.4 Å². The third kappa shape index (κ3) is 4.54. The lowest BCUT2D eigenvalue weighted by molar-refractivity contribution is -0.187. The summed E-state index contributed by atoms with van der Waals surface area (Å²) < 4.78 is 61.5. The van der Waals surface area contributed by atoms with Crippen molar-refractivity contribution in [3.8, 4) is 5.75 Å². The van der Waals surface area contributed by atoms with E-state index < -0.39 is 23.3 Å². The summed E-state index contributed by atoms with van der Waals surface area (Å²) in [4.78, 5) is 0. The van der Waals surface area contributed by atoms with Gasteiger partial charge in [-0.05, 0) is 60.9 Å². The molecule has 0 N–H and O–H groups in total. The lowest BCUT2D eigenvalue weighted by Gasteiger charge is -2.28. The van der Waals surface area contributed by atoms with Gasteiger partial charge in [0.25, 0.3) is 0 Å². The predicted molar refractivity (Wildman–Crippen MR) is 102 cm³/mol. The van der Waals surface area contributed by atoms with E-state index in [4.69, 9.17) is 0 Å². The van der Waals surface area contributed by atoms with Gasteiger partial charge in [0.05, 0.1) is 5.56 Å². The Labute approximate surface area is 160 Å². The highest BCUT2D eigenvalue weighted by Crippen LogP contribution is 2.39. The minimum Gasteiger partial charge on any atom is -0.429 e. The standard InChI is InChI=1S/C21H24F4OSi/c1-13-2-8-17(11-19(13)22)26-21(24,25)18-9-7-16(10-20(18)23)15-5-3-14(12-27)4-6-15/h2,7-11,14-15H,3-6,12H2,1,27H3. The van der Waals surface area contributed by atoms with Gasteiger partial charge in [-0.3, -0.25) is 0 Å². The molecule has 0 unspecified atom stereocenters. The number of halogens is 4. The monoisotopic (exact) mass is 396 g/mol. The Bertz CT molecular complexity index is 801. The molecule has 0 bridgehead atoms. The third-order valence-electron chi connectivity index (χ3n) is 5.59. The summed E-state index contributed by atoms with van der Waals surface area (Å²) in [6.07, 6.45) is 0.308. The molecule has 2 aromatic rings. The van der Waals surface area contributed by atoms with Crippen molar-refractivity contribution in [2.75, 3.05) is 0 Å². The Morgan fingerprint density at radius 1 is 1.00 bits per heavy atom. The maximum Gasteiger partial charge on any atom is 0.429 e. The van der Waals surface area contributed by atoms with Crippen LogP contribution in [0.5, 0.6) is 5.75 Å². The molecule has 0 aromatic heterocycles. The molecule has 1 saturated carbocycles. The van der Waals surface area contributed by atoms with Gasteiger partial charge in [0.2, 0.25) is 0 Å². The molecule has 2 aromatic carbocycles. The number of hydrogen-bond donors (Lipinski definition) is 0. The lowest BCUT2D eigenvalue weighted by atomic mass is 9.79. The first kappa shape index (κ1) is 19.9. The zero-order valence-corrected chi connectivity index (χ0v) is 17.6. The van der Waals surface area contributed by atoms with Gasteiger partial charge in [-0.15, -0.1) is 0 Å². The number of alkyl halides is 2. The van der Waals surface area contributed by atoms with Gasteiger partial charge < -0.3 is 4.74 Å². The molecular weight excluding hydrogens is 372 g/mol. The van der Waals surface area contributed by atoms with Crippen LogP contribution in [0.4, 0.5) is 17.6 Å². The van der Waals surface area contributed by atoms with Crippen molar-refractivity contribution in [3.05, 3.63) is 64.7 Å². The second-order valence-corrected chi connectivity index (χ2v) is 8.21. The molecule has 0 saturated heterocycles. The van der Waals surface area contributed by atoms with Crippen molar-refractivity contribution in [1.82, 2.24) is 0 Å². The number of ether oxygens (including phenoxy) is 1. The Hall–Kier alpha value is -1.82. The smallest absolute Gasteiger partial charge is 0.429 e. The molecule has 0 aliphatic heterocycles. The van der Waals surface area contributed by atoms with Gasteiger partial charge in [0.15, 0.2) is 0 Å². The molecule has 1 aliphatic carbocycles. The first-order valence-electron chi connectivity index (χ1n) is 9.43. The van der Waals surface area contributed by atoms with Crippen molar-refractivity contribution in [2.45, 2.75) is 50.7 Å². The number of benzene rings is 2. The number of aryl methyl sites for hydroxylation is 1. The van der Waals surface area contributed by atoms with Crippen LogP contribution in [0.15, 0.2) is 36.4 Å². The van der Waals surface area contributed by atoms with Gasteiger partial charge in [0.1, 0.15) is 17.4 Å². The summed E-state index contributed by atoms with van der Waals surface area (Å²) in [6, 6.07) is 8.61. The van der Waals surface area contributed by atoms with Crippen molar-refractivity contribution < 1.29 is 22.3 Å². The highest BCUT2D eigenvalue weighted by atomic mass is 28.1. The molecule has 146 valence electrons. The van der Waals surface area contributed by atoms with E-state index >= 15 is 0 Å². The second kappa shape index (κ2) is 8.05. The fraction of sp³-hybridized carbons (Fsp3) is 0.429. The topological polar surface area (TPSA) is 9.23 Å². The molecule has 1 aliphatic rings. The maximum atomic E-state index is 14.5. The van der Waals surface area contributed by atoms with Crippen LogP contribution in [-0.2, 0) is 6.11 Å². The summed E-state index contributed by atoms with van der Waals surface area (Å²) in [5, 5.41) is 0. The van der Waals surface area contributed by atoms with Gasteiger partial charge >= 0.3 is 6.11 Å². The molecule has 0 atom stereocenters. The van der Waals surface area contributed by atoms with Gasteiger partial charge in [-0.25, -0.2) is 8.78 Å². The Kier molecular flexibility index (Phi) is 5.94. The number of rotatable bonds is 5. The molecule has 3 rings (SSSR count). The molecular formula is C21H24F4OSi. The minimum atomic E-state index is -3.88. The molecule has 1 nitrogen and oxygen atoms in total. The highest BCUT2D eigenvalue weighted by Gasteiger charge is 2.38. The largest absolute Gasteiger partial charge is 0.429 e. The summed E-state index contributed by atoms with van der Waals surface area (Å²) in [7, 11) is 1.19. The van der Waals surface area contributed by atoms with E-state index in [-0.39, 0.29) is 11.7 Å². The summed E-state index contributed by atoms with van der Waals surface area (Å²) in [6.45, 7) is 1.52. The van der Waals surface area contributed by atoms with E-state index in [9.17, 15) is 17.6 Å². The van der Waals surface area contributed by atoms with Gasteiger partial charge in [0, 0.05) is 16.3 Å². The van der Waals surface area contributed by atoms with Crippen LogP contribution in [0.3, 0.4) is 0 Å². The van der Waals surface area contributed by atoms with Crippen LogP contribution >= 0.6 is 0 Å². The molecule has 1 fully saturated rings. The quantitative estimate of drug-likeness (QED) is 0.482. The molecule has 27 heavy (non-hydrogen) atoms. The zero-order valence-electron chi connectivity index (χ0n) is 15.6. The minimum absolute atomic E-state index is 0.221. The van der Waals surface area contributed by atoms with Crippen molar-refractivity contribution in [2.24, 2.45) is 5.92 Å². The van der Waals surface area contributed by atoms with Gasteiger partial charge in [-0.1, -0.05) is 31.0 Å². The van der Waals surface area contributed by atoms with Crippen molar-refractivity contribution >= 4 is 10.2 Å². The molecule has 0 heterocycles. The fourth-order valence-corrected chi connectivity index (χ4v) is 4.58. The third-order valence-corrected chi connectivity index (χ3v) is 6.75. The van der Waals surface area contributed by atoms with Crippen LogP contribution in [-0.4, -0.2) is 10.2 Å². The summed E-state index contributed by atoms with van der Waals surface area (Å²) >= 11 is 0. The maximum absolute atomic E-state index is 14.5. The predicted octanol–water partition coefficient (Wildman–Crippen LogP) is 5.46. The van der Waals surface area contributed by atoms with Crippen LogP contribution in [0.25, 0.3) is 0 Å². The highest BCUT2D eigenvalue weighted by molar-refractivity contribution is 6.08. The van der Waals surface area contributed by atoms with Crippen molar-refractivity contribution in [3.63, 3.8) is 0 Å². The second-order valence-electron chi connectivity index (χ2n) is 7.40. The molecule has 6 heteroatoms. The average Bonchev–Trinajstić information content (AvgIpc) is 2.64. The van der Waals surface area contributed by atoms with Gasteiger partial charge in [-0.2, -0.15) is 8.78 Å². The van der Waals surface area contributed by atoms with E-state index in [0.29, 0.717) is 5.56 Å². The Morgan fingerprint density at radius 3 is 2.30 bits per heavy atom. The Balaban J connectivity index is 1.76. The summed E-state index contributed by atoms with van der Waals surface area (Å²) in [5.41, 5.74) is 0.252. The van der Waals surface area contributed by atoms with E-state index in [0.717, 1.165) is 49.3 Å².